The van der Waals surface area contributed by atoms with Gasteiger partial charge in [0.05, 0.1) is 33.8 Å². The molecule has 14 heteroatoms. The molecule has 0 aliphatic rings. The molecule has 0 bridgehead atoms. The van der Waals surface area contributed by atoms with Gasteiger partial charge in [-0.05, 0) is 24.3 Å². The van der Waals surface area contributed by atoms with Crippen LogP contribution in [0.2, 0.25) is 20.1 Å². The number of hydrogen-bond acceptors (Lipinski definition) is 5. The molecule has 0 aliphatic carbocycles. The summed E-state index contributed by atoms with van der Waals surface area (Å²) in [6, 6.07) is 8.34. The largest absolute Gasteiger partial charge is 0.493 e. The first-order valence-corrected chi connectivity index (χ1v) is 12.8. The van der Waals surface area contributed by atoms with Crippen molar-refractivity contribution in [1.82, 2.24) is 4.98 Å². The van der Waals surface area contributed by atoms with Gasteiger partial charge in [-0.3, -0.25) is 0 Å². The molecule has 3 aromatic rings. The third kappa shape index (κ3) is 9.07. The topological polar surface area (TPSA) is 49.8 Å². The lowest BCUT2D eigenvalue weighted by atomic mass is 10.3. The number of pyridine rings is 1. The summed E-state index contributed by atoms with van der Waals surface area (Å²) in [5.74, 6) is 1.06. The van der Waals surface area contributed by atoms with E-state index in [4.69, 9.17) is 88.6 Å². The predicted octanol–water partition coefficient (Wildman–Crippen LogP) is 10.1. The SMILES string of the molecule is FC(F)(F)c1cnc(Oc2ccc(OCCCOc3c(Cl)cc(OCC=C(Cl)Cl)cc3Cl)cc2Cl)c(Cl)c1. The van der Waals surface area contributed by atoms with Crippen LogP contribution in [-0.2, 0) is 6.18 Å². The van der Waals surface area contributed by atoms with Gasteiger partial charge >= 0.3 is 6.18 Å². The van der Waals surface area contributed by atoms with Gasteiger partial charge in [0, 0.05) is 30.8 Å². The fourth-order valence-electron chi connectivity index (χ4n) is 2.80. The number of nitrogens with zero attached hydrogens (tertiary/aromatic N) is 1. The first-order chi connectivity index (χ1) is 17.9. The van der Waals surface area contributed by atoms with E-state index < -0.39 is 11.7 Å². The second-order valence-corrected chi connectivity index (χ2v) is 9.91. The zero-order chi connectivity index (χ0) is 27.9. The van der Waals surface area contributed by atoms with Gasteiger partial charge in [0.25, 0.3) is 0 Å². The van der Waals surface area contributed by atoms with Crippen molar-refractivity contribution in [2.45, 2.75) is 12.6 Å². The first kappa shape index (κ1) is 30.6. The van der Waals surface area contributed by atoms with Crippen molar-refractivity contribution in [3.8, 4) is 28.9 Å². The molecular formula is C24H16Cl6F3NO4. The van der Waals surface area contributed by atoms with Crippen molar-refractivity contribution in [3.63, 3.8) is 0 Å². The highest BCUT2D eigenvalue weighted by Crippen LogP contribution is 2.38. The average molecular weight is 652 g/mol. The van der Waals surface area contributed by atoms with Crippen LogP contribution in [0.1, 0.15) is 12.0 Å². The summed E-state index contributed by atoms with van der Waals surface area (Å²) in [7, 11) is 0. The van der Waals surface area contributed by atoms with E-state index in [1.54, 1.807) is 18.2 Å². The maximum Gasteiger partial charge on any atom is 0.417 e. The lowest BCUT2D eigenvalue weighted by Gasteiger charge is -2.13. The van der Waals surface area contributed by atoms with E-state index in [1.165, 1.54) is 18.2 Å². The Labute approximate surface area is 245 Å². The monoisotopic (exact) mass is 649 g/mol. The summed E-state index contributed by atoms with van der Waals surface area (Å²) >= 11 is 35.6. The normalized spacial score (nSPS) is 11.2. The van der Waals surface area contributed by atoms with Crippen molar-refractivity contribution in [1.29, 1.82) is 0 Å². The Morgan fingerprint density at radius 2 is 1.47 bits per heavy atom. The van der Waals surface area contributed by atoms with E-state index in [-0.39, 0.29) is 56.0 Å². The molecule has 204 valence electrons. The zero-order valence-electron chi connectivity index (χ0n) is 18.9. The van der Waals surface area contributed by atoms with Crippen molar-refractivity contribution in [2.75, 3.05) is 19.8 Å². The number of rotatable bonds is 11. The van der Waals surface area contributed by atoms with Crippen molar-refractivity contribution >= 4 is 69.6 Å². The smallest absolute Gasteiger partial charge is 0.417 e. The molecule has 0 amide bonds. The molecule has 0 saturated carbocycles. The van der Waals surface area contributed by atoms with Gasteiger partial charge in [-0.1, -0.05) is 69.6 Å². The molecule has 1 heterocycles. The molecular weight excluding hydrogens is 636 g/mol. The number of alkyl halides is 3. The molecule has 0 spiro atoms. The number of benzene rings is 2. The molecule has 0 aliphatic heterocycles. The van der Waals surface area contributed by atoms with Gasteiger partial charge < -0.3 is 18.9 Å². The van der Waals surface area contributed by atoms with Gasteiger partial charge in [0.2, 0.25) is 5.88 Å². The van der Waals surface area contributed by atoms with Gasteiger partial charge in [0.1, 0.15) is 33.4 Å². The summed E-state index contributed by atoms with van der Waals surface area (Å²) in [6.45, 7) is 0.658. The van der Waals surface area contributed by atoms with Gasteiger partial charge in [-0.25, -0.2) is 4.98 Å². The molecule has 0 radical (unpaired) electrons. The Morgan fingerprint density at radius 3 is 2.08 bits per heavy atom. The minimum Gasteiger partial charge on any atom is -0.493 e. The fraction of sp³-hybridized carbons (Fsp3) is 0.208. The maximum absolute atomic E-state index is 12.8. The highest BCUT2D eigenvalue weighted by molar-refractivity contribution is 6.55. The first-order valence-electron chi connectivity index (χ1n) is 10.5. The van der Waals surface area contributed by atoms with Crippen molar-refractivity contribution < 1.29 is 32.1 Å². The molecule has 0 unspecified atom stereocenters. The minimum absolute atomic E-state index is 0.0799. The van der Waals surface area contributed by atoms with Crippen LogP contribution in [-0.4, -0.2) is 24.8 Å². The number of aromatic nitrogens is 1. The van der Waals surface area contributed by atoms with Crippen LogP contribution in [0.4, 0.5) is 13.2 Å². The summed E-state index contributed by atoms with van der Waals surface area (Å²) in [6.07, 6.45) is -2.01. The maximum atomic E-state index is 12.8. The molecule has 0 N–H and O–H groups in total. The van der Waals surface area contributed by atoms with Crippen LogP contribution in [0.3, 0.4) is 0 Å². The summed E-state index contributed by atoms with van der Waals surface area (Å²) in [5, 5.41) is 0.354. The lowest BCUT2D eigenvalue weighted by molar-refractivity contribution is -0.137. The van der Waals surface area contributed by atoms with E-state index in [1.807, 2.05) is 0 Å². The van der Waals surface area contributed by atoms with E-state index in [2.05, 4.69) is 4.98 Å². The van der Waals surface area contributed by atoms with Crippen molar-refractivity contribution in [3.05, 3.63) is 78.8 Å². The minimum atomic E-state index is -4.58. The fourth-order valence-corrected chi connectivity index (χ4v) is 3.91. The lowest BCUT2D eigenvalue weighted by Crippen LogP contribution is -2.06. The third-order valence-electron chi connectivity index (χ3n) is 4.51. The van der Waals surface area contributed by atoms with Gasteiger partial charge in [0.15, 0.2) is 5.75 Å². The Balaban J connectivity index is 1.49. The quantitative estimate of drug-likeness (QED) is 0.193. The standard InChI is InChI=1S/C24H16Cl6F3NO4/c25-16-9-14(2-3-20(16)38-23-19(28)8-13(12-34-23)24(31,32)33)35-5-1-6-37-22-17(26)10-15(11-18(22)27)36-7-4-21(29)30/h2-4,8-12H,1,5-7H2. The predicted molar refractivity (Wildman–Crippen MR) is 143 cm³/mol. The van der Waals surface area contributed by atoms with E-state index in [0.29, 0.717) is 29.9 Å². The molecule has 3 rings (SSSR count). The summed E-state index contributed by atoms with van der Waals surface area (Å²) in [5.41, 5.74) is -0.995. The van der Waals surface area contributed by atoms with Crippen LogP contribution in [0, 0.1) is 0 Å². The van der Waals surface area contributed by atoms with Gasteiger partial charge in [-0.15, -0.1) is 0 Å². The van der Waals surface area contributed by atoms with Gasteiger partial charge in [-0.2, -0.15) is 13.2 Å². The number of hydrogen-bond donors (Lipinski definition) is 0. The van der Waals surface area contributed by atoms with Crippen LogP contribution in [0.5, 0.6) is 28.9 Å². The Hall–Kier alpha value is -1.94. The van der Waals surface area contributed by atoms with Crippen LogP contribution >= 0.6 is 69.6 Å². The van der Waals surface area contributed by atoms with Crippen LogP contribution < -0.4 is 18.9 Å². The molecule has 2 aromatic carbocycles. The second-order valence-electron chi connectivity index (χ2n) is 7.27. The molecule has 0 atom stereocenters. The zero-order valence-corrected chi connectivity index (χ0v) is 23.5. The van der Waals surface area contributed by atoms with Crippen LogP contribution in [0.25, 0.3) is 0 Å². The van der Waals surface area contributed by atoms with E-state index in [9.17, 15) is 13.2 Å². The van der Waals surface area contributed by atoms with E-state index in [0.717, 1.165) is 6.07 Å². The number of ether oxygens (including phenoxy) is 4. The second kappa shape index (κ2) is 13.9. The molecule has 5 nitrogen and oxygen atoms in total. The molecule has 0 fully saturated rings. The Morgan fingerprint density at radius 1 is 0.816 bits per heavy atom. The molecule has 38 heavy (non-hydrogen) atoms. The molecule has 0 saturated heterocycles. The van der Waals surface area contributed by atoms with Crippen LogP contribution in [0.15, 0.2) is 53.2 Å². The highest BCUT2D eigenvalue weighted by Gasteiger charge is 2.32. The van der Waals surface area contributed by atoms with E-state index >= 15 is 0 Å². The molecule has 1 aromatic heterocycles. The summed E-state index contributed by atoms with van der Waals surface area (Å²) in [4.78, 5) is 3.62. The Bertz CT molecular complexity index is 1280. The third-order valence-corrected chi connectivity index (χ3v) is 5.94. The average Bonchev–Trinajstić information content (AvgIpc) is 2.82. The number of halogens is 9. The van der Waals surface area contributed by atoms with Crippen molar-refractivity contribution in [2.24, 2.45) is 0 Å². The highest BCUT2D eigenvalue weighted by atomic mass is 35.5. The summed E-state index contributed by atoms with van der Waals surface area (Å²) < 4.78 is 60.6. The Kier molecular flexibility index (Phi) is 11.2.